The Morgan fingerprint density at radius 1 is 1.00 bits per heavy atom. The zero-order chi connectivity index (χ0) is 5.54. The minimum absolute atomic E-state index is 0. The van der Waals surface area contributed by atoms with Gasteiger partial charge in [-0.3, -0.25) is 0 Å². The average molecular weight is 155 g/mol. The molecule has 0 unspecified atom stereocenters. The summed E-state index contributed by atoms with van der Waals surface area (Å²) in [4.78, 5) is 0. The Morgan fingerprint density at radius 2 is 1.38 bits per heavy atom. The van der Waals surface area contributed by atoms with Crippen molar-refractivity contribution in [2.24, 2.45) is 0 Å². The first-order valence-corrected chi connectivity index (χ1v) is 4.15. The third kappa shape index (κ3) is 9.81. The Labute approximate surface area is 62.8 Å². The highest BCUT2D eigenvalue weighted by molar-refractivity contribution is 7.99. The van der Waals surface area contributed by atoms with Gasteiger partial charge in [-0.05, 0) is 24.3 Å². The Bertz CT molecular complexity index is 27.7. The lowest BCUT2D eigenvalue weighted by molar-refractivity contribution is 1.07. The van der Waals surface area contributed by atoms with E-state index in [1.165, 1.54) is 24.3 Å². The summed E-state index contributed by atoms with van der Waals surface area (Å²) in [6, 6.07) is 0. The molecule has 0 rings (SSSR count). The van der Waals surface area contributed by atoms with E-state index in [2.05, 4.69) is 25.6 Å². The van der Waals surface area contributed by atoms with Crippen LogP contribution in [0.25, 0.3) is 0 Å². The van der Waals surface area contributed by atoms with Crippen molar-refractivity contribution in [3.63, 3.8) is 0 Å². The van der Waals surface area contributed by atoms with Gasteiger partial charge in [0.15, 0.2) is 0 Å². The number of hydrogen-bond acceptors (Lipinski definition) is 1. The van der Waals surface area contributed by atoms with Crippen LogP contribution in [0.1, 0.15) is 26.7 Å². The lowest BCUT2D eigenvalue weighted by Crippen LogP contribution is -1.76. The molecule has 0 aliphatic rings. The molecule has 0 aromatic rings. The summed E-state index contributed by atoms with van der Waals surface area (Å²) in [5.41, 5.74) is 0. The van der Waals surface area contributed by atoms with Crippen molar-refractivity contribution in [1.29, 1.82) is 0 Å². The summed E-state index contributed by atoms with van der Waals surface area (Å²) in [5.74, 6) is 2.68. The molecular weight excluding hydrogens is 140 g/mol. The van der Waals surface area contributed by atoms with Crippen LogP contribution in [0, 0.1) is 0 Å². The van der Waals surface area contributed by atoms with E-state index < -0.39 is 0 Å². The van der Waals surface area contributed by atoms with Crippen molar-refractivity contribution in [2.45, 2.75) is 26.7 Å². The topological polar surface area (TPSA) is 0 Å². The van der Waals surface area contributed by atoms with Crippen molar-refractivity contribution in [2.75, 3.05) is 11.5 Å². The molecule has 0 aliphatic carbocycles. The minimum atomic E-state index is 0. The quantitative estimate of drug-likeness (QED) is 0.562. The molecule has 0 saturated carbocycles. The van der Waals surface area contributed by atoms with E-state index in [1.54, 1.807) is 0 Å². The van der Waals surface area contributed by atoms with Gasteiger partial charge >= 0.3 is 0 Å². The van der Waals surface area contributed by atoms with Crippen LogP contribution in [0.3, 0.4) is 0 Å². The van der Waals surface area contributed by atoms with Crippen LogP contribution in [0.5, 0.6) is 0 Å². The molecule has 0 spiro atoms. The fourth-order valence-electron chi connectivity index (χ4n) is 0.391. The molecule has 2 heteroatoms. The highest BCUT2D eigenvalue weighted by Crippen LogP contribution is 2.02. The Balaban J connectivity index is 0. The van der Waals surface area contributed by atoms with Crippen molar-refractivity contribution >= 4 is 24.2 Å². The fraction of sp³-hybridized carbons (Fsp3) is 1.00. The summed E-state index contributed by atoms with van der Waals surface area (Å²) in [6.07, 6.45) is 2.65. The summed E-state index contributed by atoms with van der Waals surface area (Å²) >= 11 is 2.05. The zero-order valence-electron chi connectivity index (χ0n) is 5.64. The minimum Gasteiger partial charge on any atom is -0.162 e. The van der Waals surface area contributed by atoms with E-state index in [0.717, 1.165) is 0 Å². The van der Waals surface area contributed by atoms with Crippen LogP contribution < -0.4 is 0 Å². The molecule has 0 radical (unpaired) electrons. The van der Waals surface area contributed by atoms with Crippen LogP contribution in [-0.4, -0.2) is 11.5 Å². The molecule has 52 valence electrons. The van der Waals surface area contributed by atoms with E-state index in [4.69, 9.17) is 0 Å². The van der Waals surface area contributed by atoms with Gasteiger partial charge in [-0.2, -0.15) is 11.8 Å². The third-order valence-corrected chi connectivity index (χ3v) is 2.09. The molecule has 0 heterocycles. The highest BCUT2D eigenvalue weighted by Gasteiger charge is 1.79. The second-order valence-corrected chi connectivity index (χ2v) is 2.84. The first-order chi connectivity index (χ1) is 3.41. The molecule has 0 aromatic carbocycles. The number of thioether (sulfide) groups is 1. The maximum absolute atomic E-state index is 2.22. The molecule has 0 aliphatic heterocycles. The zero-order valence-corrected chi connectivity index (χ0v) is 7.28. The van der Waals surface area contributed by atoms with Gasteiger partial charge in [0.1, 0.15) is 0 Å². The first-order valence-electron chi connectivity index (χ1n) is 2.99. The number of hydrogen-bond donors (Lipinski definition) is 0. The molecule has 0 atom stereocenters. The van der Waals surface area contributed by atoms with Gasteiger partial charge in [0.2, 0.25) is 0 Å². The Hall–Kier alpha value is 0.640. The summed E-state index contributed by atoms with van der Waals surface area (Å²) in [6.45, 7) is 4.45. The van der Waals surface area contributed by atoms with Gasteiger partial charge < -0.3 is 0 Å². The van der Waals surface area contributed by atoms with Crippen molar-refractivity contribution in [3.05, 3.63) is 0 Å². The van der Waals surface area contributed by atoms with Gasteiger partial charge in [0.05, 0.1) is 0 Å². The molecule has 0 amide bonds. The monoisotopic (exact) mass is 154 g/mol. The predicted octanol–water partition coefficient (Wildman–Crippen LogP) is 2.96. The third-order valence-electron chi connectivity index (χ3n) is 0.697. The van der Waals surface area contributed by atoms with Gasteiger partial charge in [-0.1, -0.05) is 13.8 Å². The summed E-state index contributed by atoms with van der Waals surface area (Å²) < 4.78 is 0. The van der Waals surface area contributed by atoms with Crippen molar-refractivity contribution < 1.29 is 0 Å². The van der Waals surface area contributed by atoms with Crippen molar-refractivity contribution in [3.8, 4) is 0 Å². The molecule has 0 N–H and O–H groups in total. The Kier molecular flexibility index (Phi) is 15.1. The normalized spacial score (nSPS) is 8.25. The van der Waals surface area contributed by atoms with E-state index in [9.17, 15) is 0 Å². The number of rotatable bonds is 4. The molecule has 0 aromatic heterocycles. The average Bonchev–Trinajstić information content (AvgIpc) is 1.69. The van der Waals surface area contributed by atoms with Crippen LogP contribution in [0.2, 0.25) is 0 Å². The smallest absolute Gasteiger partial charge is 0.00702 e. The second kappa shape index (κ2) is 10.6. The maximum Gasteiger partial charge on any atom is -0.00702 e. The molecule has 0 nitrogen and oxygen atoms in total. The summed E-state index contributed by atoms with van der Waals surface area (Å²) in [7, 11) is 0. The summed E-state index contributed by atoms with van der Waals surface area (Å²) in [5, 5.41) is 0. The maximum atomic E-state index is 2.22. The first kappa shape index (κ1) is 11.4. The lowest BCUT2D eigenvalue weighted by atomic mass is 10.6. The van der Waals surface area contributed by atoms with E-state index in [-0.39, 0.29) is 12.4 Å². The van der Waals surface area contributed by atoms with Crippen LogP contribution in [0.15, 0.2) is 0 Å². The van der Waals surface area contributed by atoms with E-state index in [0.29, 0.717) is 0 Å². The van der Waals surface area contributed by atoms with Gasteiger partial charge in [-0.25, -0.2) is 0 Å². The van der Waals surface area contributed by atoms with Crippen LogP contribution in [0.4, 0.5) is 0 Å². The largest absolute Gasteiger partial charge is 0.162 e. The molecule has 8 heavy (non-hydrogen) atoms. The Morgan fingerprint density at radius 3 is 1.62 bits per heavy atom. The van der Waals surface area contributed by atoms with Gasteiger partial charge in [-0.15, -0.1) is 12.4 Å². The fourth-order valence-corrected chi connectivity index (χ4v) is 1.17. The van der Waals surface area contributed by atoms with E-state index in [1.807, 2.05) is 0 Å². The van der Waals surface area contributed by atoms with Crippen LogP contribution >= 0.6 is 24.2 Å². The second-order valence-electron chi connectivity index (χ2n) is 1.61. The highest BCUT2D eigenvalue weighted by atomic mass is 35.5. The molecule has 0 bridgehead atoms. The molecule has 0 saturated heterocycles. The van der Waals surface area contributed by atoms with Gasteiger partial charge in [0, 0.05) is 0 Å². The van der Waals surface area contributed by atoms with Crippen LogP contribution in [-0.2, 0) is 0 Å². The standard InChI is InChI=1S/C6H14S.ClH/c1-3-5-7-6-4-2;/h3-6H2,1-2H3;1H. The predicted molar refractivity (Wildman–Crippen MR) is 45.2 cm³/mol. The SMILES string of the molecule is CCCSCCC.Cl. The number of halogens is 1. The van der Waals surface area contributed by atoms with Gasteiger partial charge in [0.25, 0.3) is 0 Å². The molecule has 0 fully saturated rings. The van der Waals surface area contributed by atoms with Crippen molar-refractivity contribution in [1.82, 2.24) is 0 Å². The molecular formula is C6H15ClS. The van der Waals surface area contributed by atoms with E-state index >= 15 is 0 Å². The lowest BCUT2D eigenvalue weighted by Gasteiger charge is -1.91.